The summed E-state index contributed by atoms with van der Waals surface area (Å²) < 4.78 is 78.7. The molecule has 0 radical (unpaired) electrons. The van der Waals surface area contributed by atoms with Crippen molar-refractivity contribution in [2.45, 2.75) is 39.1 Å². The Labute approximate surface area is 310 Å². The number of alkyl halides is 5. The molecule has 0 bridgehead atoms. The highest BCUT2D eigenvalue weighted by molar-refractivity contribution is 9.10. The number of amides is 2. The number of rotatable bonds is 9. The van der Waals surface area contributed by atoms with Crippen molar-refractivity contribution < 1.29 is 36.3 Å². The van der Waals surface area contributed by atoms with Gasteiger partial charge in [0, 0.05) is 26.2 Å². The second kappa shape index (κ2) is 14.7. The molecule has 1 aliphatic heterocycles. The van der Waals surface area contributed by atoms with Gasteiger partial charge >= 0.3 is 18.1 Å². The predicted molar refractivity (Wildman–Crippen MR) is 185 cm³/mol. The van der Waals surface area contributed by atoms with Gasteiger partial charge in [0.25, 0.3) is 11.5 Å². The summed E-state index contributed by atoms with van der Waals surface area (Å²) in [5, 5.41) is 5.19. The molecule has 2 aromatic carbocycles. The number of carbonyl (C=O) groups is 2. The molecule has 0 atom stereocenters. The lowest BCUT2D eigenvalue weighted by atomic mass is 10.1. The van der Waals surface area contributed by atoms with Crippen molar-refractivity contribution in [1.82, 2.24) is 34.0 Å². The van der Waals surface area contributed by atoms with Gasteiger partial charge in [0.05, 0.1) is 27.7 Å². The molecule has 53 heavy (non-hydrogen) atoms. The summed E-state index contributed by atoms with van der Waals surface area (Å²) in [7, 11) is 0. The molecule has 1 N–H and O–H groups in total. The quantitative estimate of drug-likeness (QED) is 0.185. The predicted octanol–water partition coefficient (Wildman–Crippen LogP) is 5.72. The molecule has 6 rings (SSSR count). The number of nitrogens with zero attached hydrogens (tertiary/aromatic N) is 8. The maximum absolute atomic E-state index is 16.3. The third kappa shape index (κ3) is 7.39. The van der Waals surface area contributed by atoms with Crippen LogP contribution < -0.4 is 20.5 Å². The van der Waals surface area contributed by atoms with E-state index in [1.807, 2.05) is 35.6 Å². The van der Waals surface area contributed by atoms with Crippen molar-refractivity contribution >= 4 is 56.5 Å². The minimum atomic E-state index is -4.77. The molecule has 0 spiro atoms. The van der Waals surface area contributed by atoms with E-state index in [4.69, 9.17) is 16.3 Å². The molecule has 20 heteroatoms. The third-order valence-corrected chi connectivity index (χ3v) is 9.08. The Balaban J connectivity index is 1.29. The minimum Gasteiger partial charge on any atom is -0.485 e. The molecular weight excluding hydrogens is 797 g/mol. The van der Waals surface area contributed by atoms with Gasteiger partial charge in [-0.3, -0.25) is 14.4 Å². The Kier molecular flexibility index (Phi) is 10.4. The maximum Gasteiger partial charge on any atom is 0.416 e. The number of ether oxygens (including phenoxy) is 1. The Morgan fingerprint density at radius 2 is 1.72 bits per heavy atom. The summed E-state index contributed by atoms with van der Waals surface area (Å²) in [6.07, 6.45) is -3.72. The van der Waals surface area contributed by atoms with Crippen molar-refractivity contribution in [3.05, 3.63) is 103 Å². The number of benzene rings is 2. The lowest BCUT2D eigenvalue weighted by Gasteiger charge is -2.37. The largest absolute Gasteiger partial charge is 0.485 e. The van der Waals surface area contributed by atoms with E-state index < -0.39 is 51.6 Å². The van der Waals surface area contributed by atoms with Gasteiger partial charge in [0.2, 0.25) is 10.5 Å². The molecule has 1 aliphatic rings. The summed E-state index contributed by atoms with van der Waals surface area (Å²) in [4.78, 5) is 56.0. The molecule has 1 fully saturated rings. The molecule has 4 heterocycles. The number of carbonyl (C=O) groups excluding carboxylic acids is 2. The van der Waals surface area contributed by atoms with Gasteiger partial charge in [-0.25, -0.2) is 14.5 Å². The molecule has 278 valence electrons. The van der Waals surface area contributed by atoms with Crippen molar-refractivity contribution in [2.75, 3.05) is 36.4 Å². The molecule has 13 nitrogen and oxygen atoms in total. The summed E-state index contributed by atoms with van der Waals surface area (Å²) in [5.41, 5.74) is -1.62. The Bertz CT molecular complexity index is 2260. The van der Waals surface area contributed by atoms with Crippen LogP contribution in [0.25, 0.3) is 5.78 Å². The van der Waals surface area contributed by atoms with Crippen LogP contribution in [0.15, 0.2) is 64.4 Å². The summed E-state index contributed by atoms with van der Waals surface area (Å²) in [6, 6.07) is 6.65. The van der Waals surface area contributed by atoms with E-state index in [2.05, 4.69) is 36.0 Å². The Hall–Kier alpha value is -5.17. The monoisotopic (exact) mass is 823 g/mol. The van der Waals surface area contributed by atoms with Crippen LogP contribution in [0.2, 0.25) is 5.02 Å². The normalized spacial score (nSPS) is 13.8. The van der Waals surface area contributed by atoms with E-state index in [9.17, 15) is 27.6 Å². The SMILES string of the molecule is CCc1c(N2CCN(C(=O)c3ncnc(C)c3OCc3ccccc3)CC2)c(=O)n2nc(Br)nc2n1C(F)(F)C(=O)Nc1ccc(C(F)(F)F)cc1Cl. The molecule has 0 unspecified atom stereocenters. The first-order valence-electron chi connectivity index (χ1n) is 15.9. The number of piperazine rings is 1. The van der Waals surface area contributed by atoms with Crippen LogP contribution in [0.3, 0.4) is 0 Å². The molecular formula is C33H28BrClF5N9O4. The van der Waals surface area contributed by atoms with Crippen LogP contribution in [0.1, 0.15) is 39.9 Å². The van der Waals surface area contributed by atoms with E-state index in [1.165, 1.54) is 23.1 Å². The third-order valence-electron chi connectivity index (χ3n) is 8.43. The summed E-state index contributed by atoms with van der Waals surface area (Å²) in [6.45, 7) is 3.45. The molecule has 3 aromatic heterocycles. The fraction of sp³-hybridized carbons (Fsp3) is 0.303. The van der Waals surface area contributed by atoms with Crippen molar-refractivity contribution in [1.29, 1.82) is 0 Å². The van der Waals surface area contributed by atoms with E-state index >= 15 is 8.78 Å². The Morgan fingerprint density at radius 3 is 2.36 bits per heavy atom. The van der Waals surface area contributed by atoms with Gasteiger partial charge in [-0.1, -0.05) is 48.9 Å². The van der Waals surface area contributed by atoms with Crippen LogP contribution >= 0.6 is 27.5 Å². The zero-order valence-corrected chi connectivity index (χ0v) is 30.1. The van der Waals surface area contributed by atoms with Gasteiger partial charge in [0.1, 0.15) is 18.6 Å². The van der Waals surface area contributed by atoms with Gasteiger partial charge in [-0.15, -0.1) is 5.10 Å². The zero-order chi connectivity index (χ0) is 38.2. The second-order valence-electron chi connectivity index (χ2n) is 11.8. The number of halogens is 7. The smallest absolute Gasteiger partial charge is 0.416 e. The lowest BCUT2D eigenvalue weighted by molar-refractivity contribution is -0.154. The highest BCUT2D eigenvalue weighted by Gasteiger charge is 2.46. The highest BCUT2D eigenvalue weighted by atomic mass is 79.9. The zero-order valence-electron chi connectivity index (χ0n) is 27.8. The number of aryl methyl sites for hydroxylation is 1. The number of aromatic nitrogens is 6. The van der Waals surface area contributed by atoms with Crippen molar-refractivity contribution in [2.24, 2.45) is 0 Å². The van der Waals surface area contributed by atoms with Crippen molar-refractivity contribution in [3.8, 4) is 5.75 Å². The van der Waals surface area contributed by atoms with Crippen molar-refractivity contribution in [3.63, 3.8) is 0 Å². The average molecular weight is 825 g/mol. The van der Waals surface area contributed by atoms with Gasteiger partial charge in [-0.2, -0.15) is 31.5 Å². The molecule has 5 aromatic rings. The van der Waals surface area contributed by atoms with Gasteiger partial charge in [-0.05, 0) is 53.0 Å². The fourth-order valence-electron chi connectivity index (χ4n) is 5.84. The number of fused-ring (bicyclic) bond motifs is 1. The van der Waals surface area contributed by atoms with E-state index in [-0.39, 0.29) is 71.3 Å². The highest BCUT2D eigenvalue weighted by Crippen LogP contribution is 2.36. The first-order valence-corrected chi connectivity index (χ1v) is 17.1. The van der Waals surface area contributed by atoms with E-state index in [0.717, 1.165) is 11.6 Å². The summed E-state index contributed by atoms with van der Waals surface area (Å²) in [5.74, 6) is -2.91. The van der Waals surface area contributed by atoms with Crippen LogP contribution in [0.4, 0.5) is 33.3 Å². The fourth-order valence-corrected chi connectivity index (χ4v) is 6.39. The molecule has 2 amide bonds. The van der Waals surface area contributed by atoms with E-state index in [0.29, 0.717) is 22.3 Å². The van der Waals surface area contributed by atoms with Crippen LogP contribution in [0, 0.1) is 6.92 Å². The van der Waals surface area contributed by atoms with Crippen LogP contribution in [-0.4, -0.2) is 72.0 Å². The number of nitrogens with one attached hydrogen (secondary N) is 1. The number of hydrogen-bond acceptors (Lipinski definition) is 9. The molecule has 0 aliphatic carbocycles. The average Bonchev–Trinajstić information content (AvgIpc) is 3.52. The lowest BCUT2D eigenvalue weighted by Crippen LogP contribution is -2.51. The van der Waals surface area contributed by atoms with Crippen LogP contribution in [0.5, 0.6) is 5.75 Å². The van der Waals surface area contributed by atoms with E-state index in [1.54, 1.807) is 6.92 Å². The molecule has 1 saturated heterocycles. The minimum absolute atomic E-state index is 0.0125. The van der Waals surface area contributed by atoms with Crippen LogP contribution in [-0.2, 0) is 30.0 Å². The maximum atomic E-state index is 16.3. The van der Waals surface area contributed by atoms with Gasteiger partial charge in [0.15, 0.2) is 11.4 Å². The Morgan fingerprint density at radius 1 is 1.02 bits per heavy atom. The first-order chi connectivity index (χ1) is 25.1. The second-order valence-corrected chi connectivity index (χ2v) is 12.9. The number of anilines is 2. The molecule has 0 saturated carbocycles. The first kappa shape index (κ1) is 37.6. The van der Waals surface area contributed by atoms with Gasteiger partial charge < -0.3 is 19.9 Å². The topological polar surface area (TPSA) is 140 Å². The standard InChI is InChI=1S/C33H28BrClF5N9O4/c1-3-23-25(46-11-13-47(14-12-46)27(50)24-26(18(2)41-17-42-24)53-16-19-7-5-4-6-8-19)28(51)49-31(44-30(34)45-49)48(23)33(39,40)29(52)43-22-10-9-20(15-21(22)35)32(36,37)38/h4-10,15,17H,3,11-14,16H2,1-2H3,(H,43,52). The number of hydrogen-bond donors (Lipinski definition) is 1. The summed E-state index contributed by atoms with van der Waals surface area (Å²) >= 11 is 8.92.